The molecule has 4 heteroatoms. The molecular weight excluding hydrogens is 392 g/mol. The molecule has 26 heavy (non-hydrogen) atoms. The average Bonchev–Trinajstić information content (AvgIpc) is 2.95. The van der Waals surface area contributed by atoms with E-state index in [1.165, 1.54) is 0 Å². The number of Topliss-reactive ketones (excluding diaryl/α,β-unsaturated/α-hetero) is 1. The number of carbonyl (C=O) groups is 1. The summed E-state index contributed by atoms with van der Waals surface area (Å²) < 4.78 is 13.8. The van der Waals surface area contributed by atoms with E-state index in [9.17, 15) is 4.79 Å². The van der Waals surface area contributed by atoms with Crippen molar-refractivity contribution in [3.05, 3.63) is 69.2 Å². The Kier molecular flexibility index (Phi) is 3.02. The van der Waals surface area contributed by atoms with Crippen molar-refractivity contribution < 1.29 is 14.3 Å². The number of benzene rings is 2. The van der Waals surface area contributed by atoms with Gasteiger partial charge in [0, 0.05) is 33.0 Å². The molecule has 0 spiro atoms. The number of halogens is 1. The Morgan fingerprint density at radius 2 is 1.73 bits per heavy atom. The number of fused-ring (bicyclic) bond motifs is 5. The lowest BCUT2D eigenvalue weighted by atomic mass is 9.67. The van der Waals surface area contributed by atoms with Crippen LogP contribution < -0.4 is 4.74 Å². The minimum atomic E-state index is 0.0511. The number of carbonyl (C=O) groups excluding carboxylic acids is 1. The van der Waals surface area contributed by atoms with Gasteiger partial charge in [-0.05, 0) is 37.5 Å². The van der Waals surface area contributed by atoms with Crippen molar-refractivity contribution in [1.82, 2.24) is 0 Å². The van der Waals surface area contributed by atoms with E-state index in [1.54, 1.807) is 0 Å². The number of ketones is 1. The lowest BCUT2D eigenvalue weighted by Crippen LogP contribution is -2.49. The Hall–Kier alpha value is -2.07. The smallest absolute Gasteiger partial charge is 0.194 e. The third-order valence-corrected chi connectivity index (χ3v) is 6.79. The summed E-state index contributed by atoms with van der Waals surface area (Å²) in [6.07, 6.45) is 3.39. The van der Waals surface area contributed by atoms with Crippen LogP contribution in [0.3, 0.4) is 0 Å². The lowest BCUT2D eigenvalue weighted by molar-refractivity contribution is -0.0401. The van der Waals surface area contributed by atoms with Crippen LogP contribution in [0.2, 0.25) is 0 Å². The zero-order chi connectivity index (χ0) is 17.4. The first-order valence-electron chi connectivity index (χ1n) is 9.23. The molecule has 2 aromatic rings. The Balaban J connectivity index is 1.62. The highest BCUT2D eigenvalue weighted by Crippen LogP contribution is 2.57. The maximum Gasteiger partial charge on any atom is 0.194 e. The summed E-state index contributed by atoms with van der Waals surface area (Å²) in [5.74, 6) is 2.11. The van der Waals surface area contributed by atoms with E-state index >= 15 is 0 Å². The standard InChI is InChI=1S/C22H17BrO3/c23-11-8-9-15-14(10-11)18-19-16(25-15)6-3-7-17(19)26-22-13-5-2-1-4-12(13)21(24)20(18)22/h1-2,4-5,8-10,16-19H,3,6-7H2/t16-,17+,18-,19-/m1/s1. The van der Waals surface area contributed by atoms with Gasteiger partial charge in [-0.2, -0.15) is 0 Å². The summed E-state index contributed by atoms with van der Waals surface area (Å²) in [6.45, 7) is 0. The van der Waals surface area contributed by atoms with Gasteiger partial charge in [-0.3, -0.25) is 4.79 Å². The van der Waals surface area contributed by atoms with Crippen LogP contribution in [-0.4, -0.2) is 18.0 Å². The topological polar surface area (TPSA) is 35.5 Å². The van der Waals surface area contributed by atoms with Gasteiger partial charge >= 0.3 is 0 Å². The van der Waals surface area contributed by atoms with Gasteiger partial charge in [0.2, 0.25) is 0 Å². The maximum atomic E-state index is 13.3. The van der Waals surface area contributed by atoms with Crippen LogP contribution in [-0.2, 0) is 4.74 Å². The van der Waals surface area contributed by atoms with Gasteiger partial charge in [0.1, 0.15) is 23.7 Å². The van der Waals surface area contributed by atoms with Crippen molar-refractivity contribution in [1.29, 1.82) is 0 Å². The predicted molar refractivity (Wildman–Crippen MR) is 101 cm³/mol. The highest BCUT2D eigenvalue weighted by Gasteiger charge is 2.54. The van der Waals surface area contributed by atoms with Gasteiger partial charge in [-0.1, -0.05) is 40.2 Å². The van der Waals surface area contributed by atoms with Crippen molar-refractivity contribution in [2.45, 2.75) is 37.4 Å². The fraction of sp³-hybridized carbons (Fsp3) is 0.318. The van der Waals surface area contributed by atoms with Crippen molar-refractivity contribution in [2.24, 2.45) is 5.92 Å². The third kappa shape index (κ3) is 1.86. The minimum Gasteiger partial charge on any atom is -0.490 e. The molecule has 0 unspecified atom stereocenters. The summed E-state index contributed by atoms with van der Waals surface area (Å²) in [5.41, 5.74) is 3.68. The van der Waals surface area contributed by atoms with Gasteiger partial charge in [0.15, 0.2) is 5.78 Å². The molecule has 1 saturated carbocycles. The van der Waals surface area contributed by atoms with E-state index < -0.39 is 0 Å². The van der Waals surface area contributed by atoms with Crippen LogP contribution in [0.15, 0.2) is 52.5 Å². The minimum absolute atomic E-state index is 0.0511. The largest absolute Gasteiger partial charge is 0.490 e. The molecule has 4 aliphatic rings. The second-order valence-electron chi connectivity index (χ2n) is 7.60. The van der Waals surface area contributed by atoms with Crippen LogP contribution in [0.1, 0.15) is 46.7 Å². The summed E-state index contributed by atoms with van der Waals surface area (Å²) >= 11 is 3.60. The quantitative estimate of drug-likeness (QED) is 0.608. The third-order valence-electron chi connectivity index (χ3n) is 6.29. The molecular formula is C22H17BrO3. The highest BCUT2D eigenvalue weighted by atomic mass is 79.9. The Labute approximate surface area is 160 Å². The van der Waals surface area contributed by atoms with Crippen molar-refractivity contribution in [3.8, 4) is 5.75 Å². The average molecular weight is 409 g/mol. The van der Waals surface area contributed by atoms with Crippen molar-refractivity contribution in [2.75, 3.05) is 0 Å². The molecule has 2 aliphatic carbocycles. The number of ether oxygens (including phenoxy) is 2. The maximum absolute atomic E-state index is 13.3. The first kappa shape index (κ1) is 15.0. The summed E-state index contributed by atoms with van der Waals surface area (Å²) in [7, 11) is 0. The number of hydrogen-bond acceptors (Lipinski definition) is 3. The number of rotatable bonds is 0. The van der Waals surface area contributed by atoms with Gasteiger partial charge in [-0.15, -0.1) is 0 Å². The Morgan fingerprint density at radius 3 is 2.58 bits per heavy atom. The molecule has 0 aromatic heterocycles. The molecule has 0 radical (unpaired) electrons. The van der Waals surface area contributed by atoms with E-state index in [4.69, 9.17) is 9.47 Å². The monoisotopic (exact) mass is 408 g/mol. The van der Waals surface area contributed by atoms with Crippen molar-refractivity contribution >= 4 is 27.5 Å². The highest BCUT2D eigenvalue weighted by molar-refractivity contribution is 9.10. The van der Waals surface area contributed by atoms with Gasteiger partial charge in [0.05, 0.1) is 5.57 Å². The zero-order valence-electron chi connectivity index (χ0n) is 14.1. The molecule has 1 fully saturated rings. The first-order chi connectivity index (χ1) is 12.7. The summed E-state index contributed by atoms with van der Waals surface area (Å²) in [4.78, 5) is 13.3. The molecule has 2 aromatic carbocycles. The normalized spacial score (nSPS) is 30.6. The van der Waals surface area contributed by atoms with E-state index in [2.05, 4.69) is 22.0 Å². The summed E-state index contributed by atoms with van der Waals surface area (Å²) in [5, 5.41) is 0. The summed E-state index contributed by atoms with van der Waals surface area (Å²) in [6, 6.07) is 14.0. The van der Waals surface area contributed by atoms with Crippen molar-refractivity contribution in [3.63, 3.8) is 0 Å². The van der Waals surface area contributed by atoms with Crippen LogP contribution in [0.4, 0.5) is 0 Å². The molecule has 2 heterocycles. The van der Waals surface area contributed by atoms with E-state index in [0.29, 0.717) is 0 Å². The number of hydrogen-bond donors (Lipinski definition) is 0. The zero-order valence-corrected chi connectivity index (χ0v) is 15.7. The molecule has 6 rings (SSSR count). The fourth-order valence-electron chi connectivity index (χ4n) is 5.27. The predicted octanol–water partition coefficient (Wildman–Crippen LogP) is 5.10. The van der Waals surface area contributed by atoms with Gasteiger partial charge in [-0.25, -0.2) is 0 Å². The van der Waals surface area contributed by atoms with Crippen LogP contribution >= 0.6 is 15.9 Å². The molecule has 0 N–H and O–H groups in total. The van der Waals surface area contributed by atoms with E-state index in [1.807, 2.05) is 36.4 Å². The fourth-order valence-corrected chi connectivity index (χ4v) is 5.65. The Bertz CT molecular complexity index is 993. The van der Waals surface area contributed by atoms with Crippen LogP contribution in [0, 0.1) is 5.92 Å². The van der Waals surface area contributed by atoms with Gasteiger partial charge < -0.3 is 9.47 Å². The van der Waals surface area contributed by atoms with Gasteiger partial charge in [0.25, 0.3) is 0 Å². The lowest BCUT2D eigenvalue weighted by Gasteiger charge is -2.49. The second kappa shape index (κ2) is 5.23. The molecule has 0 saturated heterocycles. The number of allylic oxidation sites excluding steroid dienone is 1. The molecule has 0 amide bonds. The molecule has 2 aliphatic heterocycles. The first-order valence-corrected chi connectivity index (χ1v) is 10.0. The van der Waals surface area contributed by atoms with Crippen LogP contribution in [0.5, 0.6) is 5.75 Å². The van der Waals surface area contributed by atoms with E-state index in [-0.39, 0.29) is 29.8 Å². The SMILES string of the molecule is O=C1C2=C(O[C@H]3CCC[C@H]4Oc5ccc(Br)cc5[C@@H]2[C@@H]34)c2ccccc21. The molecule has 3 nitrogen and oxygen atoms in total. The molecule has 130 valence electrons. The molecule has 0 bridgehead atoms. The second-order valence-corrected chi connectivity index (χ2v) is 8.51. The van der Waals surface area contributed by atoms with E-state index in [0.717, 1.165) is 57.5 Å². The molecule has 4 atom stereocenters. The van der Waals surface area contributed by atoms with Crippen LogP contribution in [0.25, 0.3) is 5.76 Å². The Morgan fingerprint density at radius 1 is 0.962 bits per heavy atom.